The lowest BCUT2D eigenvalue weighted by Crippen LogP contribution is -2.24. The van der Waals surface area contributed by atoms with Gasteiger partial charge in [0.05, 0.1) is 6.54 Å². The minimum Gasteiger partial charge on any atom is -0.358 e. The number of carbonyl (C=O) groups is 1. The van der Waals surface area contributed by atoms with Gasteiger partial charge in [0.15, 0.2) is 0 Å². The van der Waals surface area contributed by atoms with Crippen LogP contribution in [0.15, 0.2) is 79.5 Å². The second-order valence-corrected chi connectivity index (χ2v) is 8.72. The van der Waals surface area contributed by atoms with Gasteiger partial charge in [0, 0.05) is 35.2 Å². The van der Waals surface area contributed by atoms with E-state index in [1.807, 2.05) is 55.5 Å². The van der Waals surface area contributed by atoms with Crippen molar-refractivity contribution in [3.05, 3.63) is 108 Å². The van der Waals surface area contributed by atoms with E-state index in [2.05, 4.69) is 38.3 Å². The molecule has 4 nitrogen and oxygen atoms in total. The van der Waals surface area contributed by atoms with Crippen LogP contribution in [0, 0.1) is 12.7 Å². The van der Waals surface area contributed by atoms with Gasteiger partial charge >= 0.3 is 0 Å². The number of hydrogen-bond acceptors (Lipinski definition) is 3. The van der Waals surface area contributed by atoms with Gasteiger partial charge in [-0.3, -0.25) is 4.79 Å². The summed E-state index contributed by atoms with van der Waals surface area (Å²) in [5.74, 6) is -0.425. The number of hydrogen-bond donors (Lipinski definition) is 3. The number of nitrogens with one attached hydrogen (secondary N) is 3. The first kappa shape index (κ1) is 24.2. The number of halogens is 1. The maximum Gasteiger partial charge on any atom is 0.217 e. The van der Waals surface area contributed by atoms with Gasteiger partial charge in [0.1, 0.15) is 5.82 Å². The Hall–Kier alpha value is -3.43. The Balaban J connectivity index is 1.86. The van der Waals surface area contributed by atoms with Crippen LogP contribution in [-0.2, 0) is 11.2 Å². The lowest BCUT2D eigenvalue weighted by Gasteiger charge is -2.18. The van der Waals surface area contributed by atoms with Crippen molar-refractivity contribution >= 4 is 37.5 Å². The fourth-order valence-corrected chi connectivity index (χ4v) is 3.87. The van der Waals surface area contributed by atoms with Crippen LogP contribution in [0.1, 0.15) is 29.2 Å². The number of anilines is 3. The van der Waals surface area contributed by atoms with E-state index < -0.39 is 0 Å². The van der Waals surface area contributed by atoms with Crippen LogP contribution in [-0.4, -0.2) is 12.5 Å². The van der Waals surface area contributed by atoms with Gasteiger partial charge in [-0.05, 0) is 66.2 Å². The minimum absolute atomic E-state index is 0.113. The topological polar surface area (TPSA) is 53.2 Å². The number of aryl methyl sites for hydroxylation is 1. The minimum atomic E-state index is -0.312. The smallest absolute Gasteiger partial charge is 0.217 e. The first-order chi connectivity index (χ1) is 15.7. The fourth-order valence-electron chi connectivity index (χ4n) is 3.53. The van der Waals surface area contributed by atoms with Crippen LogP contribution in [0.3, 0.4) is 0 Å². The summed E-state index contributed by atoms with van der Waals surface area (Å²) in [5.41, 5.74) is 6.95. The lowest BCUT2D eigenvalue weighted by molar-refractivity contribution is -0.118. The van der Waals surface area contributed by atoms with Gasteiger partial charge in [-0.15, -0.1) is 9.24 Å². The highest BCUT2D eigenvalue weighted by molar-refractivity contribution is 7.31. The summed E-state index contributed by atoms with van der Waals surface area (Å²) < 4.78 is 14.6. The third-order valence-electron chi connectivity index (χ3n) is 5.03. The Morgan fingerprint density at radius 2 is 1.76 bits per heavy atom. The number of rotatable bonds is 9. The summed E-state index contributed by atoms with van der Waals surface area (Å²) in [7, 11) is 2.63. The van der Waals surface area contributed by atoms with Crippen molar-refractivity contribution in [2.45, 2.75) is 20.3 Å². The Morgan fingerprint density at radius 3 is 2.42 bits per heavy atom. The molecule has 6 heteroatoms. The lowest BCUT2D eigenvalue weighted by atomic mass is 9.97. The highest BCUT2D eigenvalue weighted by atomic mass is 31.0. The SMILES string of the molecule is C=C(CNC(C)=O)Nc1cccc(Cc2cc(F)cc(Nc3ccc(C)cc3)c2C(=C)P)c1. The fraction of sp³-hybridized carbons (Fsp3) is 0.148. The Kier molecular flexibility index (Phi) is 8.02. The maximum atomic E-state index is 14.6. The molecule has 3 N–H and O–H groups in total. The van der Waals surface area contributed by atoms with Crippen LogP contribution in [0.2, 0.25) is 0 Å². The Bertz CT molecular complexity index is 1190. The Labute approximate surface area is 197 Å². The van der Waals surface area contributed by atoms with Crippen molar-refractivity contribution in [3.63, 3.8) is 0 Å². The molecule has 1 amide bonds. The van der Waals surface area contributed by atoms with Crippen molar-refractivity contribution in [2.24, 2.45) is 0 Å². The molecule has 1 atom stereocenters. The third kappa shape index (κ3) is 7.03. The molecule has 3 rings (SSSR count). The first-order valence-corrected chi connectivity index (χ1v) is 11.2. The van der Waals surface area contributed by atoms with E-state index in [1.54, 1.807) is 6.07 Å². The number of amides is 1. The standard InChI is InChI=1S/C27H29FN3OP/c1-17-8-10-24(11-9-17)31-26-15-23(28)14-22(27(26)19(3)33)12-21-6-5-7-25(13-21)30-18(2)16-29-20(4)32/h5-11,13-15,30-31H,2-3,12,16,33H2,1,4H3,(H,29,32). The van der Waals surface area contributed by atoms with Crippen LogP contribution >= 0.6 is 9.24 Å². The first-order valence-electron chi connectivity index (χ1n) is 10.6. The molecule has 0 saturated carbocycles. The molecule has 0 spiro atoms. The Morgan fingerprint density at radius 1 is 1.03 bits per heavy atom. The van der Waals surface area contributed by atoms with E-state index in [-0.39, 0.29) is 11.7 Å². The molecule has 170 valence electrons. The monoisotopic (exact) mass is 461 g/mol. The van der Waals surface area contributed by atoms with Gasteiger partial charge in [0.25, 0.3) is 0 Å². The highest BCUT2D eigenvalue weighted by Crippen LogP contribution is 2.35. The van der Waals surface area contributed by atoms with E-state index >= 15 is 0 Å². The summed E-state index contributed by atoms with van der Waals surface area (Å²) in [6.07, 6.45) is 0.525. The molecule has 0 aliphatic rings. The molecule has 0 heterocycles. The summed E-state index contributed by atoms with van der Waals surface area (Å²) in [6.45, 7) is 11.9. The molecule has 3 aromatic carbocycles. The van der Waals surface area contributed by atoms with Crippen LogP contribution < -0.4 is 16.0 Å². The van der Waals surface area contributed by atoms with Gasteiger partial charge < -0.3 is 16.0 Å². The molecule has 0 aliphatic heterocycles. The van der Waals surface area contributed by atoms with Crippen LogP contribution in [0.4, 0.5) is 21.5 Å². The average molecular weight is 462 g/mol. The molecule has 0 saturated heterocycles. The van der Waals surface area contributed by atoms with Crippen molar-refractivity contribution in [1.29, 1.82) is 0 Å². The third-order valence-corrected chi connectivity index (χ3v) is 5.32. The van der Waals surface area contributed by atoms with Crippen molar-refractivity contribution in [1.82, 2.24) is 5.32 Å². The van der Waals surface area contributed by atoms with E-state index in [9.17, 15) is 9.18 Å². The molecule has 3 aromatic rings. The number of benzene rings is 3. The molecule has 0 aliphatic carbocycles. The zero-order valence-corrected chi connectivity index (χ0v) is 20.1. The molecule has 0 fully saturated rings. The predicted molar refractivity (Wildman–Crippen MR) is 140 cm³/mol. The summed E-state index contributed by atoms with van der Waals surface area (Å²) in [6, 6.07) is 18.9. The molecular weight excluding hydrogens is 432 g/mol. The quantitative estimate of drug-likeness (QED) is 0.324. The predicted octanol–water partition coefficient (Wildman–Crippen LogP) is 6.38. The second-order valence-electron chi connectivity index (χ2n) is 8.02. The molecule has 1 unspecified atom stereocenters. The number of carbonyl (C=O) groups excluding carboxylic acids is 1. The average Bonchev–Trinajstić information content (AvgIpc) is 2.73. The zero-order chi connectivity index (χ0) is 24.0. The van der Waals surface area contributed by atoms with Crippen LogP contribution in [0.25, 0.3) is 5.31 Å². The van der Waals surface area contributed by atoms with E-state index in [0.29, 0.717) is 24.4 Å². The normalized spacial score (nSPS) is 10.4. The molecule has 33 heavy (non-hydrogen) atoms. The van der Waals surface area contributed by atoms with E-state index in [4.69, 9.17) is 0 Å². The van der Waals surface area contributed by atoms with Gasteiger partial charge in [-0.25, -0.2) is 4.39 Å². The zero-order valence-electron chi connectivity index (χ0n) is 19.0. The van der Waals surface area contributed by atoms with Crippen molar-refractivity contribution in [3.8, 4) is 0 Å². The second kappa shape index (κ2) is 10.9. The maximum absolute atomic E-state index is 14.6. The summed E-state index contributed by atoms with van der Waals surface area (Å²) in [5, 5.41) is 10.0. The van der Waals surface area contributed by atoms with E-state index in [0.717, 1.165) is 38.9 Å². The van der Waals surface area contributed by atoms with Gasteiger partial charge in [-0.1, -0.05) is 43.0 Å². The van der Waals surface area contributed by atoms with E-state index in [1.165, 1.54) is 13.0 Å². The molecule has 0 radical (unpaired) electrons. The van der Waals surface area contributed by atoms with Crippen LogP contribution in [0.5, 0.6) is 0 Å². The summed E-state index contributed by atoms with van der Waals surface area (Å²) >= 11 is 0. The van der Waals surface area contributed by atoms with Gasteiger partial charge in [-0.2, -0.15) is 0 Å². The van der Waals surface area contributed by atoms with Crippen molar-refractivity contribution in [2.75, 3.05) is 17.2 Å². The molecule has 0 aromatic heterocycles. The van der Waals surface area contributed by atoms with Gasteiger partial charge in [0.2, 0.25) is 5.91 Å². The molecule has 0 bridgehead atoms. The molecular formula is C27H29FN3OP. The van der Waals surface area contributed by atoms with Crippen molar-refractivity contribution < 1.29 is 9.18 Å². The highest BCUT2D eigenvalue weighted by Gasteiger charge is 2.14. The summed E-state index contributed by atoms with van der Waals surface area (Å²) in [4.78, 5) is 11.1. The largest absolute Gasteiger partial charge is 0.358 e.